The van der Waals surface area contributed by atoms with Crippen molar-refractivity contribution < 1.29 is 14.0 Å². The number of rotatable bonds is 6. The molecule has 28 heavy (non-hydrogen) atoms. The van der Waals surface area contributed by atoms with Gasteiger partial charge in [0.2, 0.25) is 11.8 Å². The maximum absolute atomic E-state index is 13.4. The molecule has 1 unspecified atom stereocenters. The van der Waals surface area contributed by atoms with Gasteiger partial charge >= 0.3 is 0 Å². The zero-order chi connectivity index (χ0) is 20.1. The molecular formula is C20H23FN4O3. The summed E-state index contributed by atoms with van der Waals surface area (Å²) in [5.41, 5.74) is 1.11. The summed E-state index contributed by atoms with van der Waals surface area (Å²) in [7, 11) is 0. The molecule has 0 bridgehead atoms. The third kappa shape index (κ3) is 5.25. The Balaban J connectivity index is 1.53. The molecule has 0 saturated carbocycles. The van der Waals surface area contributed by atoms with Crippen LogP contribution in [0.3, 0.4) is 0 Å². The number of carbonyl (C=O) groups excluding carboxylic acids is 2. The van der Waals surface area contributed by atoms with Gasteiger partial charge in [-0.05, 0) is 31.0 Å². The van der Waals surface area contributed by atoms with Crippen molar-refractivity contribution in [2.45, 2.75) is 32.7 Å². The molecule has 1 saturated heterocycles. The predicted molar refractivity (Wildman–Crippen MR) is 101 cm³/mol. The smallest absolute Gasteiger partial charge is 0.251 e. The Bertz CT molecular complexity index is 928. The van der Waals surface area contributed by atoms with E-state index in [-0.39, 0.29) is 35.7 Å². The number of halogens is 1. The lowest BCUT2D eigenvalue weighted by molar-refractivity contribution is -0.138. The van der Waals surface area contributed by atoms with Crippen molar-refractivity contribution in [3.05, 3.63) is 63.6 Å². The number of aryl methyl sites for hydroxylation is 1. The predicted octanol–water partition coefficient (Wildman–Crippen LogP) is 1.31. The normalized spacial score (nSPS) is 16.9. The molecule has 3 rings (SSSR count). The van der Waals surface area contributed by atoms with Gasteiger partial charge in [0.1, 0.15) is 11.6 Å². The highest BCUT2D eigenvalue weighted by Crippen LogP contribution is 2.20. The van der Waals surface area contributed by atoms with Gasteiger partial charge in [0.25, 0.3) is 5.56 Å². The van der Waals surface area contributed by atoms with Gasteiger partial charge < -0.3 is 15.2 Å². The van der Waals surface area contributed by atoms with E-state index in [9.17, 15) is 18.8 Å². The number of likely N-dealkylation sites (tertiary alicyclic amines) is 1. The molecule has 1 aliphatic rings. The van der Waals surface area contributed by atoms with Crippen LogP contribution in [-0.4, -0.2) is 39.8 Å². The Morgan fingerprint density at radius 2 is 2.18 bits per heavy atom. The number of amides is 2. The van der Waals surface area contributed by atoms with E-state index in [0.717, 1.165) is 0 Å². The SMILES string of the molecule is Cc1cc(=O)[nH]c(CCNC(=O)C2CCC(=O)N(Cc3cccc(F)c3)C2)n1. The fourth-order valence-corrected chi connectivity index (χ4v) is 3.35. The van der Waals surface area contributed by atoms with Crippen molar-refractivity contribution in [1.29, 1.82) is 0 Å². The van der Waals surface area contributed by atoms with Crippen molar-refractivity contribution in [2.75, 3.05) is 13.1 Å². The number of nitrogens with one attached hydrogen (secondary N) is 2. The molecule has 2 N–H and O–H groups in total. The summed E-state index contributed by atoms with van der Waals surface area (Å²) in [5, 5.41) is 2.85. The highest BCUT2D eigenvalue weighted by atomic mass is 19.1. The van der Waals surface area contributed by atoms with Crippen molar-refractivity contribution in [3.8, 4) is 0 Å². The fourth-order valence-electron chi connectivity index (χ4n) is 3.35. The zero-order valence-corrected chi connectivity index (χ0v) is 15.7. The van der Waals surface area contributed by atoms with Crippen LogP contribution in [0.5, 0.6) is 0 Å². The number of piperidine rings is 1. The second kappa shape index (κ2) is 8.77. The largest absolute Gasteiger partial charge is 0.355 e. The molecule has 0 radical (unpaired) electrons. The van der Waals surface area contributed by atoms with Gasteiger partial charge in [-0.15, -0.1) is 0 Å². The van der Waals surface area contributed by atoms with E-state index in [1.807, 2.05) is 0 Å². The Kier molecular flexibility index (Phi) is 6.18. The average molecular weight is 386 g/mol. The number of aromatic nitrogens is 2. The molecule has 1 aliphatic heterocycles. The molecule has 8 heteroatoms. The van der Waals surface area contributed by atoms with Crippen LogP contribution in [0, 0.1) is 18.7 Å². The quantitative estimate of drug-likeness (QED) is 0.783. The van der Waals surface area contributed by atoms with Crippen LogP contribution in [0.25, 0.3) is 0 Å². The second-order valence-corrected chi connectivity index (χ2v) is 7.01. The highest BCUT2D eigenvalue weighted by Gasteiger charge is 2.30. The second-order valence-electron chi connectivity index (χ2n) is 7.01. The Morgan fingerprint density at radius 3 is 2.93 bits per heavy atom. The molecular weight excluding hydrogens is 363 g/mol. The van der Waals surface area contributed by atoms with Crippen LogP contribution < -0.4 is 10.9 Å². The van der Waals surface area contributed by atoms with Crippen molar-refractivity contribution in [1.82, 2.24) is 20.2 Å². The number of carbonyl (C=O) groups is 2. The molecule has 0 spiro atoms. The standard InChI is InChI=1S/C20H23FN4O3/c1-13-9-18(26)24-17(23-13)7-8-22-20(28)15-5-6-19(27)25(12-15)11-14-3-2-4-16(21)10-14/h2-4,9-10,15H,5-8,11-12H2,1H3,(H,22,28)(H,23,24,26). The molecule has 2 aromatic rings. The maximum atomic E-state index is 13.4. The maximum Gasteiger partial charge on any atom is 0.251 e. The summed E-state index contributed by atoms with van der Waals surface area (Å²) in [4.78, 5) is 44.6. The monoisotopic (exact) mass is 386 g/mol. The number of hydrogen-bond donors (Lipinski definition) is 2. The van der Waals surface area contributed by atoms with Crippen molar-refractivity contribution >= 4 is 11.8 Å². The first-order chi connectivity index (χ1) is 13.4. The molecule has 0 aliphatic carbocycles. The first-order valence-corrected chi connectivity index (χ1v) is 9.27. The van der Waals surface area contributed by atoms with Gasteiger partial charge in [0.05, 0.1) is 5.92 Å². The molecule has 1 atom stereocenters. The third-order valence-electron chi connectivity index (χ3n) is 4.71. The summed E-state index contributed by atoms with van der Waals surface area (Å²) < 4.78 is 13.4. The van der Waals surface area contributed by atoms with Gasteiger partial charge in [-0.3, -0.25) is 14.4 Å². The van der Waals surface area contributed by atoms with Crippen LogP contribution in [0.1, 0.15) is 29.9 Å². The first-order valence-electron chi connectivity index (χ1n) is 9.27. The molecule has 7 nitrogen and oxygen atoms in total. The van der Waals surface area contributed by atoms with Gasteiger partial charge in [-0.1, -0.05) is 12.1 Å². The van der Waals surface area contributed by atoms with E-state index in [2.05, 4.69) is 15.3 Å². The lowest BCUT2D eigenvalue weighted by Crippen LogP contribution is -2.45. The highest BCUT2D eigenvalue weighted by molar-refractivity contribution is 5.83. The Hall–Kier alpha value is -3.03. The molecule has 1 fully saturated rings. The van der Waals surface area contributed by atoms with Crippen LogP contribution in [0.15, 0.2) is 35.1 Å². The van der Waals surface area contributed by atoms with E-state index in [4.69, 9.17) is 0 Å². The van der Waals surface area contributed by atoms with E-state index >= 15 is 0 Å². The van der Waals surface area contributed by atoms with Gasteiger partial charge in [-0.2, -0.15) is 0 Å². The molecule has 148 valence electrons. The molecule has 1 aromatic heterocycles. The summed E-state index contributed by atoms with van der Waals surface area (Å²) >= 11 is 0. The van der Waals surface area contributed by atoms with E-state index < -0.39 is 0 Å². The summed E-state index contributed by atoms with van der Waals surface area (Å²) in [6.07, 6.45) is 1.20. The van der Waals surface area contributed by atoms with Gasteiger partial charge in [0.15, 0.2) is 0 Å². The lowest BCUT2D eigenvalue weighted by Gasteiger charge is -2.32. The Labute approximate surface area is 162 Å². The van der Waals surface area contributed by atoms with Crippen molar-refractivity contribution in [2.24, 2.45) is 5.92 Å². The average Bonchev–Trinajstić information content (AvgIpc) is 2.62. The van der Waals surface area contributed by atoms with Crippen LogP contribution >= 0.6 is 0 Å². The van der Waals surface area contributed by atoms with Crippen LogP contribution in [0.2, 0.25) is 0 Å². The first kappa shape index (κ1) is 19.7. The number of aromatic amines is 1. The van der Waals surface area contributed by atoms with Crippen LogP contribution in [0.4, 0.5) is 4.39 Å². The van der Waals surface area contributed by atoms with Gasteiger partial charge in [0, 0.05) is 44.2 Å². The lowest BCUT2D eigenvalue weighted by atomic mass is 9.96. The van der Waals surface area contributed by atoms with E-state index in [1.54, 1.807) is 24.0 Å². The summed E-state index contributed by atoms with van der Waals surface area (Å²) in [6.45, 7) is 2.68. The summed E-state index contributed by atoms with van der Waals surface area (Å²) in [5.74, 6) is -0.298. The number of H-pyrrole nitrogens is 1. The van der Waals surface area contributed by atoms with E-state index in [0.29, 0.717) is 49.4 Å². The molecule has 2 heterocycles. The zero-order valence-electron chi connectivity index (χ0n) is 15.7. The van der Waals surface area contributed by atoms with Crippen molar-refractivity contribution in [3.63, 3.8) is 0 Å². The number of hydrogen-bond acceptors (Lipinski definition) is 4. The third-order valence-corrected chi connectivity index (χ3v) is 4.71. The minimum Gasteiger partial charge on any atom is -0.355 e. The Morgan fingerprint density at radius 1 is 1.36 bits per heavy atom. The fraction of sp³-hybridized carbons (Fsp3) is 0.400. The minimum atomic E-state index is -0.348. The number of benzene rings is 1. The number of nitrogens with zero attached hydrogens (tertiary/aromatic N) is 2. The van der Waals surface area contributed by atoms with Crippen LogP contribution in [-0.2, 0) is 22.6 Å². The molecule has 2 amide bonds. The topological polar surface area (TPSA) is 95.2 Å². The van der Waals surface area contributed by atoms with E-state index in [1.165, 1.54) is 18.2 Å². The van der Waals surface area contributed by atoms with Gasteiger partial charge in [-0.25, -0.2) is 9.37 Å². The molecule has 1 aromatic carbocycles. The summed E-state index contributed by atoms with van der Waals surface area (Å²) in [6, 6.07) is 7.53. The minimum absolute atomic E-state index is 0.0325.